The van der Waals surface area contributed by atoms with Crippen molar-refractivity contribution in [1.29, 1.82) is 0 Å². The van der Waals surface area contributed by atoms with E-state index in [9.17, 15) is 14.3 Å². The van der Waals surface area contributed by atoms with E-state index >= 15 is 0 Å². The van der Waals surface area contributed by atoms with E-state index in [1.54, 1.807) is 44.2 Å². The second-order valence-corrected chi connectivity index (χ2v) is 8.35. The van der Waals surface area contributed by atoms with Gasteiger partial charge in [-0.1, -0.05) is 35.4 Å². The van der Waals surface area contributed by atoms with Gasteiger partial charge in [-0.25, -0.2) is 4.57 Å². The van der Waals surface area contributed by atoms with Crippen molar-refractivity contribution in [2.45, 2.75) is 27.7 Å². The fraction of sp³-hybridized carbons (Fsp3) is 0.174. The number of phosphoric ester groups is 1. The number of para-hydroxylation sites is 1. The van der Waals surface area contributed by atoms with E-state index in [-0.39, 0.29) is 46.8 Å². The largest absolute Gasteiger partial charge is 1.00 e. The van der Waals surface area contributed by atoms with Crippen molar-refractivity contribution in [2.75, 3.05) is 0 Å². The first-order valence-electron chi connectivity index (χ1n) is 9.14. The van der Waals surface area contributed by atoms with Crippen LogP contribution in [0.25, 0.3) is 0 Å². The molecular weight excluding hydrogens is 410 g/mol. The zero-order chi connectivity index (χ0) is 21.2. The molecule has 3 aromatic carbocycles. The van der Waals surface area contributed by atoms with Crippen LogP contribution in [0.5, 0.6) is 11.5 Å². The van der Waals surface area contributed by atoms with Crippen LogP contribution in [-0.4, -0.2) is 5.78 Å². The third-order valence-corrected chi connectivity index (χ3v) is 5.21. The molecule has 1 unspecified atom stereocenters. The van der Waals surface area contributed by atoms with Gasteiger partial charge in [-0.3, -0.25) is 4.79 Å². The molecule has 0 aliphatic rings. The fourth-order valence-electron chi connectivity index (χ4n) is 3.24. The minimum Gasteiger partial charge on any atom is -0.736 e. The Morgan fingerprint density at radius 1 is 0.800 bits per heavy atom. The molecule has 5 nitrogen and oxygen atoms in total. The van der Waals surface area contributed by atoms with Crippen LogP contribution >= 0.6 is 7.82 Å². The molecule has 3 rings (SSSR count). The predicted molar refractivity (Wildman–Crippen MR) is 111 cm³/mol. The molecule has 0 bridgehead atoms. The van der Waals surface area contributed by atoms with Gasteiger partial charge in [-0.05, 0) is 75.2 Å². The van der Waals surface area contributed by atoms with Crippen molar-refractivity contribution in [3.05, 3.63) is 94.0 Å². The van der Waals surface area contributed by atoms with Crippen LogP contribution in [0, 0.1) is 27.7 Å². The Morgan fingerprint density at radius 2 is 1.30 bits per heavy atom. The molecule has 7 heteroatoms. The summed E-state index contributed by atoms with van der Waals surface area (Å²) in [6.45, 7) is 7.28. The molecule has 0 saturated carbocycles. The molecule has 3 aromatic rings. The van der Waals surface area contributed by atoms with Gasteiger partial charge >= 0.3 is 37.4 Å². The van der Waals surface area contributed by atoms with Crippen LogP contribution in [0.3, 0.4) is 0 Å². The number of carbonyl (C=O) groups is 1. The van der Waals surface area contributed by atoms with Gasteiger partial charge in [0.1, 0.15) is 11.5 Å². The minimum absolute atomic E-state index is 0. The van der Waals surface area contributed by atoms with Gasteiger partial charge in [0.2, 0.25) is 0 Å². The van der Waals surface area contributed by atoms with E-state index in [4.69, 9.17) is 9.05 Å². The Balaban J connectivity index is 0.00000320. The van der Waals surface area contributed by atoms with E-state index in [0.29, 0.717) is 22.3 Å². The van der Waals surface area contributed by atoms with Crippen molar-refractivity contribution in [2.24, 2.45) is 0 Å². The first-order chi connectivity index (χ1) is 13.6. The van der Waals surface area contributed by atoms with Gasteiger partial charge in [-0.2, -0.15) is 0 Å². The molecule has 0 heterocycles. The van der Waals surface area contributed by atoms with Gasteiger partial charge in [0.15, 0.2) is 5.78 Å². The topological polar surface area (TPSA) is 75.7 Å². The number of aryl methyl sites for hydroxylation is 4. The quantitative estimate of drug-likeness (QED) is 0.339. The summed E-state index contributed by atoms with van der Waals surface area (Å²) < 4.78 is 22.5. The van der Waals surface area contributed by atoms with E-state index in [2.05, 4.69) is 0 Å². The Kier molecular flexibility index (Phi) is 8.09. The molecule has 0 aromatic heterocycles. The maximum Gasteiger partial charge on any atom is 1.00 e. The summed E-state index contributed by atoms with van der Waals surface area (Å²) in [4.78, 5) is 25.2. The first-order valence-corrected chi connectivity index (χ1v) is 10.6. The van der Waals surface area contributed by atoms with Crippen molar-refractivity contribution >= 4 is 13.6 Å². The van der Waals surface area contributed by atoms with Crippen molar-refractivity contribution < 1.29 is 52.9 Å². The fourth-order valence-corrected chi connectivity index (χ4v) is 4.17. The molecule has 0 radical (unpaired) electrons. The van der Waals surface area contributed by atoms with E-state index < -0.39 is 7.82 Å². The monoisotopic (exact) mass is 432 g/mol. The van der Waals surface area contributed by atoms with Gasteiger partial charge in [0.25, 0.3) is 0 Å². The Bertz CT molecular complexity index is 1070. The maximum atomic E-state index is 12.9. The number of hydrogen-bond acceptors (Lipinski definition) is 5. The smallest absolute Gasteiger partial charge is 0.736 e. The summed E-state index contributed by atoms with van der Waals surface area (Å²) >= 11 is 0. The molecule has 0 aliphatic heterocycles. The Hall–Kier alpha value is -1.88. The molecular formula is C23H22NaO5P. The van der Waals surface area contributed by atoms with Crippen LogP contribution in [-0.2, 0) is 4.57 Å². The Morgan fingerprint density at radius 3 is 1.83 bits per heavy atom. The van der Waals surface area contributed by atoms with Gasteiger partial charge in [-0.15, -0.1) is 0 Å². The number of hydrogen-bond donors (Lipinski definition) is 0. The van der Waals surface area contributed by atoms with Crippen LogP contribution in [0.1, 0.15) is 38.2 Å². The average Bonchev–Trinajstić information content (AvgIpc) is 2.63. The zero-order valence-electron chi connectivity index (χ0n) is 17.8. The molecule has 0 spiro atoms. The molecule has 150 valence electrons. The average molecular weight is 432 g/mol. The summed E-state index contributed by atoms with van der Waals surface area (Å²) in [7, 11) is -4.64. The summed E-state index contributed by atoms with van der Waals surface area (Å²) in [5, 5.41) is 0. The summed E-state index contributed by atoms with van der Waals surface area (Å²) in [5.41, 5.74) is 4.15. The third kappa shape index (κ3) is 6.07. The first kappa shape index (κ1) is 24.4. The van der Waals surface area contributed by atoms with E-state index in [1.807, 2.05) is 32.0 Å². The number of carbonyl (C=O) groups excluding carboxylic acids is 1. The molecule has 1 atom stereocenters. The van der Waals surface area contributed by atoms with Gasteiger partial charge in [0.05, 0.1) is 0 Å². The third-order valence-electron chi connectivity index (χ3n) is 4.37. The number of ketones is 1. The zero-order valence-corrected chi connectivity index (χ0v) is 20.7. The molecule has 0 fully saturated rings. The van der Waals surface area contributed by atoms with Crippen LogP contribution in [0.4, 0.5) is 0 Å². The number of benzene rings is 3. The summed E-state index contributed by atoms with van der Waals surface area (Å²) in [5.74, 6) is 0.208. The van der Waals surface area contributed by atoms with Crippen LogP contribution in [0.2, 0.25) is 0 Å². The molecule has 30 heavy (non-hydrogen) atoms. The number of rotatable bonds is 6. The summed E-state index contributed by atoms with van der Waals surface area (Å²) in [6, 6.07) is 17.1. The van der Waals surface area contributed by atoms with Gasteiger partial charge in [0, 0.05) is 11.1 Å². The molecule has 0 N–H and O–H groups in total. The van der Waals surface area contributed by atoms with Crippen LogP contribution < -0.4 is 43.5 Å². The van der Waals surface area contributed by atoms with Crippen molar-refractivity contribution in [3.8, 4) is 11.5 Å². The van der Waals surface area contributed by atoms with Crippen molar-refractivity contribution in [3.63, 3.8) is 0 Å². The second kappa shape index (κ2) is 9.95. The van der Waals surface area contributed by atoms with Gasteiger partial charge < -0.3 is 13.9 Å². The Labute approximate surface area is 199 Å². The number of phosphoric acid groups is 1. The summed E-state index contributed by atoms with van der Waals surface area (Å²) in [6.07, 6.45) is 0. The maximum absolute atomic E-state index is 12.9. The SMILES string of the molecule is Cc1cc(C)cc(C(=O)c2cc(C)c(OP(=O)([O-])Oc3ccccc3)c(C)c2)c1.[Na+]. The van der Waals surface area contributed by atoms with Crippen LogP contribution in [0.15, 0.2) is 60.7 Å². The second-order valence-electron chi connectivity index (χ2n) is 7.09. The van der Waals surface area contributed by atoms with E-state index in [0.717, 1.165) is 11.1 Å². The molecule has 0 amide bonds. The predicted octanol–water partition coefficient (Wildman–Crippen LogP) is 2.08. The molecule has 0 aliphatic carbocycles. The van der Waals surface area contributed by atoms with E-state index in [1.165, 1.54) is 12.1 Å². The minimum atomic E-state index is -4.64. The standard InChI is InChI=1S/C23H23O5P.Na/c1-15-10-16(2)12-19(11-15)22(24)20-13-17(3)23(18(4)14-20)28-29(25,26)27-21-8-6-5-7-9-21;/h5-14H,1-4H3,(H,25,26);/q;+1/p-1. The molecule has 0 saturated heterocycles. The van der Waals surface area contributed by atoms with Crippen molar-refractivity contribution in [1.82, 2.24) is 0 Å². The normalized spacial score (nSPS) is 12.4.